The number of hydrogen-bond acceptors (Lipinski definition) is 5. The Kier molecular flexibility index (Phi) is 4.19. The summed E-state index contributed by atoms with van der Waals surface area (Å²) in [4.78, 5) is 17.5. The molecule has 3 aromatic heterocycles. The van der Waals surface area contributed by atoms with Gasteiger partial charge in [-0.05, 0) is 32.4 Å². The predicted molar refractivity (Wildman–Crippen MR) is 102 cm³/mol. The van der Waals surface area contributed by atoms with Crippen molar-refractivity contribution in [2.45, 2.75) is 27.3 Å². The number of pyridine rings is 1. The van der Waals surface area contributed by atoms with Gasteiger partial charge in [-0.2, -0.15) is 5.10 Å². The Balaban J connectivity index is 1.76. The van der Waals surface area contributed by atoms with Gasteiger partial charge in [-0.1, -0.05) is 35.5 Å². The summed E-state index contributed by atoms with van der Waals surface area (Å²) in [7, 11) is 0. The van der Waals surface area contributed by atoms with E-state index in [-0.39, 0.29) is 5.91 Å². The van der Waals surface area contributed by atoms with Gasteiger partial charge in [0.25, 0.3) is 5.91 Å². The number of fused-ring (bicyclic) bond motifs is 1. The van der Waals surface area contributed by atoms with Crippen LogP contribution in [-0.4, -0.2) is 25.8 Å². The van der Waals surface area contributed by atoms with Crippen LogP contribution in [0.3, 0.4) is 0 Å². The Hall–Kier alpha value is -3.48. The Morgan fingerprint density at radius 3 is 2.59 bits per heavy atom. The first-order valence-corrected chi connectivity index (χ1v) is 8.64. The quantitative estimate of drug-likeness (QED) is 0.600. The van der Waals surface area contributed by atoms with Gasteiger partial charge in [0.2, 0.25) is 5.88 Å². The lowest BCUT2D eigenvalue weighted by Crippen LogP contribution is -2.13. The molecule has 0 atom stereocenters. The highest BCUT2D eigenvalue weighted by molar-refractivity contribution is 6.12. The van der Waals surface area contributed by atoms with Crippen LogP contribution in [0.2, 0.25) is 0 Å². The molecule has 4 aromatic rings. The van der Waals surface area contributed by atoms with E-state index in [1.807, 2.05) is 48.9 Å². The molecule has 0 unspecified atom stereocenters. The van der Waals surface area contributed by atoms with E-state index in [9.17, 15) is 4.79 Å². The van der Waals surface area contributed by atoms with E-state index in [4.69, 9.17) is 4.52 Å². The molecule has 0 spiro atoms. The summed E-state index contributed by atoms with van der Waals surface area (Å²) < 4.78 is 6.93. The second kappa shape index (κ2) is 6.68. The first kappa shape index (κ1) is 17.0. The third kappa shape index (κ3) is 3.31. The van der Waals surface area contributed by atoms with Crippen LogP contribution in [0.15, 0.2) is 47.0 Å². The number of rotatable bonds is 4. The van der Waals surface area contributed by atoms with Gasteiger partial charge in [-0.3, -0.25) is 10.1 Å². The van der Waals surface area contributed by atoms with Crippen LogP contribution in [0, 0.1) is 20.8 Å². The molecule has 0 saturated carbocycles. The highest BCUT2D eigenvalue weighted by Gasteiger charge is 2.20. The van der Waals surface area contributed by atoms with Gasteiger partial charge in [-0.15, -0.1) is 0 Å². The molecule has 0 saturated heterocycles. The number of benzene rings is 1. The molecule has 136 valence electrons. The summed E-state index contributed by atoms with van der Waals surface area (Å²) in [5.41, 5.74) is 4.53. The first-order valence-electron chi connectivity index (χ1n) is 8.64. The maximum Gasteiger partial charge on any atom is 0.258 e. The number of anilines is 1. The minimum atomic E-state index is -0.274. The molecule has 7 nitrogen and oxygen atoms in total. The molecule has 0 aliphatic rings. The number of aromatic nitrogens is 4. The van der Waals surface area contributed by atoms with Gasteiger partial charge < -0.3 is 4.52 Å². The molecule has 0 fully saturated rings. The number of amides is 1. The van der Waals surface area contributed by atoms with E-state index in [0.717, 1.165) is 22.3 Å². The molecule has 1 N–H and O–H groups in total. The second-order valence-corrected chi connectivity index (χ2v) is 6.53. The van der Waals surface area contributed by atoms with Gasteiger partial charge in [-0.25, -0.2) is 9.67 Å². The Morgan fingerprint density at radius 2 is 1.89 bits per heavy atom. The summed E-state index contributed by atoms with van der Waals surface area (Å²) in [5.74, 6) is 0.0402. The average molecular weight is 361 g/mol. The fraction of sp³-hybridized carbons (Fsp3) is 0.200. The highest BCUT2D eigenvalue weighted by Crippen LogP contribution is 2.24. The fourth-order valence-corrected chi connectivity index (χ4v) is 3.13. The third-order valence-corrected chi connectivity index (χ3v) is 4.29. The Bertz CT molecular complexity index is 1130. The van der Waals surface area contributed by atoms with E-state index in [2.05, 4.69) is 20.6 Å². The van der Waals surface area contributed by atoms with Crippen molar-refractivity contribution in [3.63, 3.8) is 0 Å². The zero-order valence-corrected chi connectivity index (χ0v) is 15.4. The van der Waals surface area contributed by atoms with E-state index in [1.165, 1.54) is 0 Å². The summed E-state index contributed by atoms with van der Waals surface area (Å²) >= 11 is 0. The largest absolute Gasteiger partial charge is 0.338 e. The average Bonchev–Trinajstić information content (AvgIpc) is 3.18. The van der Waals surface area contributed by atoms with Crippen molar-refractivity contribution in [3.05, 3.63) is 70.7 Å². The normalized spacial score (nSPS) is 11.1. The molecule has 27 heavy (non-hydrogen) atoms. The molecular formula is C20H19N5O2. The molecule has 1 aromatic carbocycles. The Labute approximate surface area is 156 Å². The lowest BCUT2D eigenvalue weighted by atomic mass is 10.1. The van der Waals surface area contributed by atoms with E-state index in [0.29, 0.717) is 29.3 Å². The highest BCUT2D eigenvalue weighted by atomic mass is 16.5. The molecule has 3 heterocycles. The number of carbonyl (C=O) groups excluding carboxylic acids is 1. The summed E-state index contributed by atoms with van der Waals surface area (Å²) in [5, 5.41) is 11.9. The van der Waals surface area contributed by atoms with Crippen LogP contribution in [-0.2, 0) is 6.54 Å². The minimum absolute atomic E-state index is 0.274. The second-order valence-electron chi connectivity index (χ2n) is 6.53. The van der Waals surface area contributed by atoms with E-state index in [1.54, 1.807) is 19.1 Å². The molecule has 0 aliphatic heterocycles. The minimum Gasteiger partial charge on any atom is -0.338 e. The number of nitrogens with zero attached hydrogens (tertiary/aromatic N) is 4. The molecule has 1 amide bonds. The predicted octanol–water partition coefficient (Wildman–Crippen LogP) is 3.65. The topological polar surface area (TPSA) is 85.8 Å². The zero-order chi connectivity index (χ0) is 19.0. The van der Waals surface area contributed by atoms with Crippen LogP contribution in [0.25, 0.3) is 11.0 Å². The van der Waals surface area contributed by atoms with E-state index < -0.39 is 0 Å². The lowest BCUT2D eigenvalue weighted by molar-refractivity contribution is 0.102. The number of nitrogens with one attached hydrogen (secondary N) is 1. The lowest BCUT2D eigenvalue weighted by Gasteiger charge is -2.07. The fourth-order valence-electron chi connectivity index (χ4n) is 3.13. The van der Waals surface area contributed by atoms with Crippen molar-refractivity contribution >= 4 is 22.8 Å². The summed E-state index contributed by atoms with van der Waals surface area (Å²) in [6.07, 6.45) is 0. The van der Waals surface area contributed by atoms with Gasteiger partial charge in [0.1, 0.15) is 0 Å². The molecule has 0 aliphatic carbocycles. The van der Waals surface area contributed by atoms with Crippen LogP contribution >= 0.6 is 0 Å². The summed E-state index contributed by atoms with van der Waals surface area (Å²) in [6, 6.07) is 13.5. The van der Waals surface area contributed by atoms with Crippen molar-refractivity contribution in [2.24, 2.45) is 0 Å². The van der Waals surface area contributed by atoms with Crippen molar-refractivity contribution in [3.8, 4) is 0 Å². The monoisotopic (exact) mass is 361 g/mol. The number of aryl methyl sites for hydroxylation is 3. The van der Waals surface area contributed by atoms with Crippen molar-refractivity contribution in [2.75, 3.05) is 5.32 Å². The number of carbonyl (C=O) groups is 1. The van der Waals surface area contributed by atoms with Gasteiger partial charge in [0.15, 0.2) is 5.65 Å². The third-order valence-electron chi connectivity index (χ3n) is 4.29. The molecule has 0 radical (unpaired) electrons. The SMILES string of the molecule is Cc1cc(NC(=O)c2cc(C)nc3c2c(C)nn3Cc2ccccc2)on1. The van der Waals surface area contributed by atoms with Crippen molar-refractivity contribution in [1.29, 1.82) is 0 Å². The van der Waals surface area contributed by atoms with Crippen LogP contribution in [0.4, 0.5) is 5.88 Å². The smallest absolute Gasteiger partial charge is 0.258 e. The molecule has 7 heteroatoms. The van der Waals surface area contributed by atoms with Crippen LogP contribution in [0.5, 0.6) is 0 Å². The van der Waals surface area contributed by atoms with Crippen LogP contribution in [0.1, 0.15) is 33.0 Å². The van der Waals surface area contributed by atoms with Gasteiger partial charge in [0, 0.05) is 11.8 Å². The Morgan fingerprint density at radius 1 is 1.11 bits per heavy atom. The number of hydrogen-bond donors (Lipinski definition) is 1. The maximum absolute atomic E-state index is 12.8. The van der Waals surface area contributed by atoms with Crippen LogP contribution < -0.4 is 5.32 Å². The molecule has 4 rings (SSSR count). The zero-order valence-electron chi connectivity index (χ0n) is 15.4. The molecule has 0 bridgehead atoms. The first-order chi connectivity index (χ1) is 13.0. The maximum atomic E-state index is 12.8. The van der Waals surface area contributed by atoms with Crippen molar-refractivity contribution in [1.82, 2.24) is 19.9 Å². The molecular weight excluding hydrogens is 342 g/mol. The standard InChI is InChI=1S/C20H19N5O2/c1-12-9-16(20(26)22-17-10-13(2)24-27-17)18-14(3)23-25(19(18)21-12)11-15-7-5-4-6-8-15/h4-10H,11H2,1-3H3,(H,22,26). The van der Waals surface area contributed by atoms with Gasteiger partial charge >= 0.3 is 0 Å². The van der Waals surface area contributed by atoms with Gasteiger partial charge in [0.05, 0.1) is 28.9 Å². The van der Waals surface area contributed by atoms with E-state index >= 15 is 0 Å². The summed E-state index contributed by atoms with van der Waals surface area (Å²) in [6.45, 7) is 6.13. The van der Waals surface area contributed by atoms with Crippen molar-refractivity contribution < 1.29 is 9.32 Å².